The smallest absolute Gasteiger partial charge is 0.266 e. The van der Waals surface area contributed by atoms with Gasteiger partial charge in [0.15, 0.2) is 0 Å². The quantitative estimate of drug-likeness (QED) is 0.544. The average Bonchev–Trinajstić information content (AvgIpc) is 2.33. The van der Waals surface area contributed by atoms with Crippen molar-refractivity contribution in [3.63, 3.8) is 0 Å². The molecule has 2 aromatic rings. The van der Waals surface area contributed by atoms with Crippen molar-refractivity contribution in [2.24, 2.45) is 0 Å². The summed E-state index contributed by atoms with van der Waals surface area (Å²) in [7, 11) is 0. The van der Waals surface area contributed by atoms with Gasteiger partial charge in [-0.3, -0.25) is 4.79 Å². The van der Waals surface area contributed by atoms with Crippen LogP contribution in [0.4, 0.5) is 0 Å². The first-order valence-corrected chi connectivity index (χ1v) is 2.89. The maximum Gasteiger partial charge on any atom is 0.266 e. The van der Waals surface area contributed by atoms with Gasteiger partial charge in [0, 0.05) is 12.3 Å². The number of hydrogen-bond acceptors (Lipinski definition) is 2. The first-order chi connectivity index (χ1) is 4.86. The minimum absolute atomic E-state index is 0.185. The second-order valence-corrected chi connectivity index (χ2v) is 2.01. The van der Waals surface area contributed by atoms with E-state index in [2.05, 4.69) is 15.2 Å². The lowest BCUT2D eigenvalue weighted by molar-refractivity contribution is 1.03. The van der Waals surface area contributed by atoms with E-state index in [1.54, 1.807) is 12.3 Å². The SMILES string of the molecule is O=c1cc2[nH]ccc2n[nH]1. The maximum absolute atomic E-state index is 10.6. The molecule has 0 amide bonds. The molecule has 2 N–H and O–H groups in total. The second-order valence-electron chi connectivity index (χ2n) is 2.01. The Balaban J connectivity index is 2.99. The summed E-state index contributed by atoms with van der Waals surface area (Å²) in [4.78, 5) is 13.5. The fraction of sp³-hybridized carbons (Fsp3) is 0. The van der Waals surface area contributed by atoms with Crippen molar-refractivity contribution in [2.75, 3.05) is 0 Å². The number of hydrogen-bond donors (Lipinski definition) is 2. The third-order valence-corrected chi connectivity index (χ3v) is 1.32. The van der Waals surface area contributed by atoms with Crippen LogP contribution in [0.5, 0.6) is 0 Å². The Bertz CT molecular complexity index is 400. The lowest BCUT2D eigenvalue weighted by Gasteiger charge is -1.83. The summed E-state index contributed by atoms with van der Waals surface area (Å²) in [6, 6.07) is 3.27. The standard InChI is InChI=1S/C6H5N3O/c10-6-3-5-4(8-9-6)1-2-7-5/h1-3,7H,(H,9,10). The fourth-order valence-electron chi connectivity index (χ4n) is 0.866. The molecule has 0 bridgehead atoms. The first-order valence-electron chi connectivity index (χ1n) is 2.89. The van der Waals surface area contributed by atoms with Gasteiger partial charge in [-0.2, -0.15) is 5.10 Å². The van der Waals surface area contributed by atoms with Gasteiger partial charge in [-0.25, -0.2) is 5.10 Å². The van der Waals surface area contributed by atoms with E-state index in [1.165, 1.54) is 6.07 Å². The molecule has 0 aliphatic heterocycles. The zero-order chi connectivity index (χ0) is 6.97. The molecular formula is C6H5N3O. The molecule has 50 valence electrons. The van der Waals surface area contributed by atoms with Crippen LogP contribution >= 0.6 is 0 Å². The Morgan fingerprint density at radius 1 is 1.50 bits per heavy atom. The second kappa shape index (κ2) is 1.70. The molecule has 0 aliphatic rings. The minimum atomic E-state index is -0.185. The summed E-state index contributed by atoms with van der Waals surface area (Å²) in [6.45, 7) is 0. The predicted octanol–water partition coefficient (Wildman–Crippen LogP) is 0.251. The van der Waals surface area contributed by atoms with E-state index in [4.69, 9.17) is 0 Å². The number of H-pyrrole nitrogens is 2. The van der Waals surface area contributed by atoms with Crippen LogP contribution in [0.15, 0.2) is 23.1 Å². The van der Waals surface area contributed by atoms with Crippen molar-refractivity contribution >= 4 is 11.0 Å². The molecule has 10 heavy (non-hydrogen) atoms. The van der Waals surface area contributed by atoms with Crippen LogP contribution < -0.4 is 5.56 Å². The van der Waals surface area contributed by atoms with Crippen molar-refractivity contribution in [1.82, 2.24) is 15.2 Å². The zero-order valence-corrected chi connectivity index (χ0v) is 5.09. The molecule has 0 saturated heterocycles. The fourth-order valence-corrected chi connectivity index (χ4v) is 0.866. The maximum atomic E-state index is 10.6. The van der Waals surface area contributed by atoms with Gasteiger partial charge in [-0.1, -0.05) is 0 Å². The molecule has 2 aromatic heterocycles. The van der Waals surface area contributed by atoms with E-state index < -0.39 is 0 Å². The Labute approximate surface area is 55.9 Å². The topological polar surface area (TPSA) is 61.5 Å². The third-order valence-electron chi connectivity index (χ3n) is 1.32. The van der Waals surface area contributed by atoms with E-state index in [9.17, 15) is 4.79 Å². The highest BCUT2D eigenvalue weighted by Crippen LogP contribution is 2.01. The van der Waals surface area contributed by atoms with Crippen LogP contribution in [0.1, 0.15) is 0 Å². The molecule has 2 heterocycles. The summed E-state index contributed by atoms with van der Waals surface area (Å²) < 4.78 is 0. The molecule has 4 heteroatoms. The van der Waals surface area contributed by atoms with Crippen molar-refractivity contribution in [1.29, 1.82) is 0 Å². The summed E-state index contributed by atoms with van der Waals surface area (Å²) in [5.74, 6) is 0. The van der Waals surface area contributed by atoms with Crippen molar-refractivity contribution < 1.29 is 0 Å². The summed E-state index contributed by atoms with van der Waals surface area (Å²) in [5, 5.41) is 6.11. The summed E-state index contributed by atoms with van der Waals surface area (Å²) >= 11 is 0. The van der Waals surface area contributed by atoms with Gasteiger partial charge in [0.2, 0.25) is 0 Å². The number of aromatic nitrogens is 3. The van der Waals surface area contributed by atoms with Gasteiger partial charge in [-0.05, 0) is 6.07 Å². The van der Waals surface area contributed by atoms with Gasteiger partial charge < -0.3 is 4.98 Å². The Kier molecular flexibility index (Phi) is 0.887. The first kappa shape index (κ1) is 5.22. The molecular weight excluding hydrogens is 130 g/mol. The molecule has 0 aliphatic carbocycles. The molecule has 0 fully saturated rings. The Morgan fingerprint density at radius 3 is 3.30 bits per heavy atom. The van der Waals surface area contributed by atoms with Crippen LogP contribution in [0.25, 0.3) is 11.0 Å². The molecule has 0 spiro atoms. The highest BCUT2D eigenvalue weighted by molar-refractivity contribution is 5.73. The molecule has 0 unspecified atom stereocenters. The molecule has 0 radical (unpaired) electrons. The van der Waals surface area contributed by atoms with E-state index in [1.807, 2.05) is 0 Å². The molecule has 0 saturated carbocycles. The van der Waals surface area contributed by atoms with Crippen LogP contribution in [0.2, 0.25) is 0 Å². The van der Waals surface area contributed by atoms with Crippen LogP contribution in [-0.2, 0) is 0 Å². The monoisotopic (exact) mass is 135 g/mol. The van der Waals surface area contributed by atoms with Crippen molar-refractivity contribution in [3.8, 4) is 0 Å². The van der Waals surface area contributed by atoms with E-state index in [0.29, 0.717) is 0 Å². The molecule has 2 rings (SSSR count). The Hall–Kier alpha value is -1.58. The number of fused-ring (bicyclic) bond motifs is 1. The van der Waals surface area contributed by atoms with E-state index >= 15 is 0 Å². The van der Waals surface area contributed by atoms with Crippen LogP contribution in [0.3, 0.4) is 0 Å². The number of aromatic amines is 2. The number of nitrogens with zero attached hydrogens (tertiary/aromatic N) is 1. The van der Waals surface area contributed by atoms with E-state index in [0.717, 1.165) is 11.0 Å². The highest BCUT2D eigenvalue weighted by atomic mass is 16.1. The lowest BCUT2D eigenvalue weighted by atomic mass is 10.4. The largest absolute Gasteiger partial charge is 0.360 e. The third kappa shape index (κ3) is 0.621. The zero-order valence-electron chi connectivity index (χ0n) is 5.09. The lowest BCUT2D eigenvalue weighted by Crippen LogP contribution is -2.04. The van der Waals surface area contributed by atoms with Crippen LogP contribution in [0, 0.1) is 0 Å². The summed E-state index contributed by atoms with van der Waals surface area (Å²) in [5.41, 5.74) is 1.36. The molecule has 4 nitrogen and oxygen atoms in total. The van der Waals surface area contributed by atoms with Gasteiger partial charge in [-0.15, -0.1) is 0 Å². The summed E-state index contributed by atoms with van der Waals surface area (Å²) in [6.07, 6.45) is 1.74. The number of nitrogens with one attached hydrogen (secondary N) is 2. The van der Waals surface area contributed by atoms with Gasteiger partial charge in [0.25, 0.3) is 5.56 Å². The van der Waals surface area contributed by atoms with Gasteiger partial charge in [0.05, 0.1) is 5.52 Å². The van der Waals surface area contributed by atoms with Gasteiger partial charge >= 0.3 is 0 Å². The van der Waals surface area contributed by atoms with Crippen molar-refractivity contribution in [2.45, 2.75) is 0 Å². The number of rotatable bonds is 0. The highest BCUT2D eigenvalue weighted by Gasteiger charge is 1.92. The molecule has 0 aromatic carbocycles. The average molecular weight is 135 g/mol. The Morgan fingerprint density at radius 2 is 2.40 bits per heavy atom. The minimum Gasteiger partial charge on any atom is -0.360 e. The normalized spacial score (nSPS) is 10.4. The van der Waals surface area contributed by atoms with Gasteiger partial charge in [0.1, 0.15) is 5.52 Å². The van der Waals surface area contributed by atoms with E-state index in [-0.39, 0.29) is 5.56 Å². The van der Waals surface area contributed by atoms with Crippen LogP contribution in [-0.4, -0.2) is 15.2 Å². The predicted molar refractivity (Wildman–Crippen MR) is 36.7 cm³/mol. The van der Waals surface area contributed by atoms with Crippen molar-refractivity contribution in [3.05, 3.63) is 28.7 Å². The molecule has 0 atom stereocenters.